The lowest BCUT2D eigenvalue weighted by molar-refractivity contribution is 0.436. The minimum atomic E-state index is -0.699. The Labute approximate surface area is 323 Å². The molecule has 1 unspecified atom stereocenters. The Morgan fingerprint density at radius 3 is 1.82 bits per heavy atom. The third-order valence-corrected chi connectivity index (χ3v) is 11.3. The van der Waals surface area contributed by atoms with Gasteiger partial charge in [0, 0.05) is 38.8 Å². The Bertz CT molecular complexity index is 2850. The van der Waals surface area contributed by atoms with E-state index in [4.69, 9.17) is 24.1 Å². The number of benzene rings is 6. The molecule has 7 nitrogen and oxygen atoms in total. The summed E-state index contributed by atoms with van der Waals surface area (Å²) in [6.45, 7) is 2.19. The molecule has 0 radical (unpaired) electrons. The Morgan fingerprint density at radius 1 is 0.500 bits per heavy atom. The molecule has 266 valence electrons. The zero-order chi connectivity index (χ0) is 37.3. The van der Waals surface area contributed by atoms with Crippen LogP contribution in [-0.4, -0.2) is 25.1 Å². The predicted octanol–water partition coefficient (Wildman–Crippen LogP) is 11.2. The van der Waals surface area contributed by atoms with Crippen LogP contribution in [-0.2, 0) is 10.8 Å². The van der Waals surface area contributed by atoms with Gasteiger partial charge in [0.05, 0.1) is 5.41 Å². The number of para-hydroxylation sites is 2. The predicted molar refractivity (Wildman–Crippen MR) is 217 cm³/mol. The molecule has 1 spiro atoms. The Morgan fingerprint density at radius 2 is 1.12 bits per heavy atom. The lowest BCUT2D eigenvalue weighted by atomic mass is 9.66. The molecule has 0 fully saturated rings. The van der Waals surface area contributed by atoms with Gasteiger partial charge in [-0.2, -0.15) is 0 Å². The van der Waals surface area contributed by atoms with Gasteiger partial charge in [0.25, 0.3) is 0 Å². The highest BCUT2D eigenvalue weighted by atomic mass is 16.5. The molecule has 1 aliphatic heterocycles. The van der Waals surface area contributed by atoms with Crippen LogP contribution < -0.4 is 4.74 Å². The summed E-state index contributed by atoms with van der Waals surface area (Å²) in [7, 11) is 0. The van der Waals surface area contributed by atoms with E-state index < -0.39 is 5.41 Å². The molecule has 0 bridgehead atoms. The molecular formula is C49H33N5O2. The maximum atomic E-state index is 6.63. The highest BCUT2D eigenvalue weighted by Gasteiger charge is 2.51. The largest absolute Gasteiger partial charge is 0.457 e. The average Bonchev–Trinajstić information content (AvgIpc) is 3.87. The van der Waals surface area contributed by atoms with Gasteiger partial charge < -0.3 is 9.15 Å². The van der Waals surface area contributed by atoms with Gasteiger partial charge in [-0.1, -0.05) is 127 Å². The zero-order valence-corrected chi connectivity index (χ0v) is 30.4. The van der Waals surface area contributed by atoms with E-state index in [1.807, 2.05) is 60.7 Å². The van der Waals surface area contributed by atoms with Gasteiger partial charge in [0.15, 0.2) is 11.6 Å². The summed E-state index contributed by atoms with van der Waals surface area (Å²) in [5.41, 5.74) is 9.08. The quantitative estimate of drug-likeness (QED) is 0.175. The van der Waals surface area contributed by atoms with Gasteiger partial charge in [-0.25, -0.2) is 15.0 Å². The number of nitrogens with zero attached hydrogens (tertiary/aromatic N) is 5. The molecule has 0 N–H and O–H groups in total. The van der Waals surface area contributed by atoms with E-state index in [1.165, 1.54) is 0 Å². The second-order valence-electron chi connectivity index (χ2n) is 14.7. The highest BCUT2D eigenvalue weighted by molar-refractivity contribution is 5.91. The van der Waals surface area contributed by atoms with Crippen LogP contribution >= 0.6 is 0 Å². The van der Waals surface area contributed by atoms with Crippen LogP contribution in [0.25, 0.3) is 56.8 Å². The van der Waals surface area contributed by atoms with Gasteiger partial charge in [0.2, 0.25) is 11.8 Å². The van der Waals surface area contributed by atoms with Crippen LogP contribution in [0.3, 0.4) is 0 Å². The molecule has 8 aromatic rings. The summed E-state index contributed by atoms with van der Waals surface area (Å²) in [5.74, 6) is 4.60. The van der Waals surface area contributed by atoms with Crippen molar-refractivity contribution in [3.05, 3.63) is 198 Å². The first kappa shape index (κ1) is 32.2. The van der Waals surface area contributed by atoms with Gasteiger partial charge in [-0.3, -0.25) is 0 Å². The van der Waals surface area contributed by atoms with Crippen LogP contribution in [0.5, 0.6) is 11.5 Å². The second kappa shape index (κ2) is 12.4. The smallest absolute Gasteiger partial charge is 0.248 e. The summed E-state index contributed by atoms with van der Waals surface area (Å²) in [6, 6.07) is 49.9. The molecule has 2 aromatic heterocycles. The van der Waals surface area contributed by atoms with E-state index in [1.54, 1.807) is 0 Å². The van der Waals surface area contributed by atoms with Crippen molar-refractivity contribution in [2.24, 2.45) is 0 Å². The monoisotopic (exact) mass is 723 g/mol. The molecular weight excluding hydrogens is 691 g/mol. The summed E-state index contributed by atoms with van der Waals surface area (Å²) in [6.07, 6.45) is 9.32. The lowest BCUT2D eigenvalue weighted by Gasteiger charge is -2.39. The molecule has 7 heteroatoms. The Hall–Kier alpha value is -7.25. The van der Waals surface area contributed by atoms with Crippen molar-refractivity contribution in [3.8, 4) is 68.3 Å². The zero-order valence-electron chi connectivity index (χ0n) is 30.4. The van der Waals surface area contributed by atoms with E-state index >= 15 is 0 Å². The SMILES string of the molecule is CC1(c2nc(-c3ccccc3)nc(-c3ccc4c(c3)C3(c5ccccc5Oc5ccccc53)c3ccc(-c5nnc(-c6ccccc6)o5)cc3-4)n2)C=CC=CC1. The normalized spacial score (nSPS) is 16.8. The van der Waals surface area contributed by atoms with Crippen LogP contribution in [0.15, 0.2) is 174 Å². The topological polar surface area (TPSA) is 86.8 Å². The van der Waals surface area contributed by atoms with Crippen LogP contribution in [0.1, 0.15) is 41.4 Å². The van der Waals surface area contributed by atoms with Crippen LogP contribution in [0.4, 0.5) is 0 Å². The summed E-state index contributed by atoms with van der Waals surface area (Å²) in [4.78, 5) is 15.5. The number of aromatic nitrogens is 5. The maximum absolute atomic E-state index is 6.63. The minimum absolute atomic E-state index is 0.381. The van der Waals surface area contributed by atoms with Gasteiger partial charge in [-0.05, 0) is 78.1 Å². The van der Waals surface area contributed by atoms with Gasteiger partial charge >= 0.3 is 0 Å². The average molecular weight is 724 g/mol. The fourth-order valence-electron chi connectivity index (χ4n) is 8.58. The molecule has 3 aliphatic rings. The first-order valence-electron chi connectivity index (χ1n) is 18.8. The molecule has 0 saturated heterocycles. The van der Waals surface area contributed by atoms with E-state index in [9.17, 15) is 0 Å². The number of allylic oxidation sites excluding steroid dienone is 4. The van der Waals surface area contributed by atoms with Crippen molar-refractivity contribution < 1.29 is 9.15 Å². The minimum Gasteiger partial charge on any atom is -0.457 e. The fourth-order valence-corrected chi connectivity index (χ4v) is 8.58. The van der Waals surface area contributed by atoms with Gasteiger partial charge in [-0.15, -0.1) is 10.2 Å². The fraction of sp³-hybridized carbons (Fsp3) is 0.0816. The molecule has 0 amide bonds. The van der Waals surface area contributed by atoms with Crippen LogP contribution in [0.2, 0.25) is 0 Å². The number of hydrogen-bond acceptors (Lipinski definition) is 7. The third kappa shape index (κ3) is 4.87. The molecule has 3 heterocycles. The second-order valence-corrected chi connectivity index (χ2v) is 14.7. The Balaban J connectivity index is 1.15. The van der Waals surface area contributed by atoms with E-state index in [-0.39, 0.29) is 5.41 Å². The maximum Gasteiger partial charge on any atom is 0.248 e. The van der Waals surface area contributed by atoms with E-state index in [0.717, 1.165) is 79.4 Å². The van der Waals surface area contributed by atoms with Crippen molar-refractivity contribution in [3.63, 3.8) is 0 Å². The number of hydrogen-bond donors (Lipinski definition) is 0. The number of ether oxygens (including phenoxy) is 1. The number of rotatable bonds is 5. The summed E-state index contributed by atoms with van der Waals surface area (Å²) in [5, 5.41) is 8.89. The molecule has 11 rings (SSSR count). The first-order valence-corrected chi connectivity index (χ1v) is 18.8. The standard InChI is InChI=1S/C49H33N5O2/c1-48(27-13-4-14-28-48)47-51-43(31-15-5-2-6-16-31)50-44(52-47)33-23-25-35-36-29-34(46-54-53-45(56-46)32-17-7-3-8-18-32)24-26-37(36)49(40(35)30-33)38-19-9-11-21-41(38)55-42-22-12-10-20-39(42)49/h2-27,29-30H,28H2,1H3. The molecule has 2 aliphatic carbocycles. The third-order valence-electron chi connectivity index (χ3n) is 11.3. The molecule has 6 aromatic carbocycles. The highest BCUT2D eigenvalue weighted by Crippen LogP contribution is 2.62. The van der Waals surface area contributed by atoms with Crippen molar-refractivity contribution >= 4 is 0 Å². The summed E-state index contributed by atoms with van der Waals surface area (Å²) < 4.78 is 12.9. The Kier molecular flexibility index (Phi) is 7.13. The van der Waals surface area contributed by atoms with E-state index in [0.29, 0.717) is 23.4 Å². The molecule has 1 atom stereocenters. The lowest BCUT2D eigenvalue weighted by Crippen LogP contribution is -2.32. The number of fused-ring (bicyclic) bond motifs is 9. The molecule has 56 heavy (non-hydrogen) atoms. The van der Waals surface area contributed by atoms with E-state index in [2.05, 4.69) is 126 Å². The van der Waals surface area contributed by atoms with Crippen molar-refractivity contribution in [2.45, 2.75) is 24.2 Å². The van der Waals surface area contributed by atoms with Gasteiger partial charge in [0.1, 0.15) is 17.3 Å². The van der Waals surface area contributed by atoms with Crippen molar-refractivity contribution in [1.29, 1.82) is 0 Å². The molecule has 0 saturated carbocycles. The van der Waals surface area contributed by atoms with Crippen molar-refractivity contribution in [2.75, 3.05) is 0 Å². The first-order chi connectivity index (χ1) is 27.6. The van der Waals surface area contributed by atoms with Crippen LogP contribution in [0, 0.1) is 0 Å². The summed E-state index contributed by atoms with van der Waals surface area (Å²) >= 11 is 0. The van der Waals surface area contributed by atoms with Crippen molar-refractivity contribution in [1.82, 2.24) is 25.1 Å².